The number of carboxylic acid groups (broad SMARTS) is 1. The Morgan fingerprint density at radius 2 is 2.38 bits per heavy atom. The second kappa shape index (κ2) is 5.91. The van der Waals surface area contributed by atoms with Crippen LogP contribution in [0.2, 0.25) is 0 Å². The van der Waals surface area contributed by atoms with Crippen molar-refractivity contribution in [1.82, 2.24) is 4.98 Å². The van der Waals surface area contributed by atoms with Crippen molar-refractivity contribution in [2.75, 3.05) is 11.5 Å². The minimum absolute atomic E-state index is 0.447. The Hall–Kier alpha value is -1.01. The fourth-order valence-electron chi connectivity index (χ4n) is 1.14. The Morgan fingerprint density at radius 3 is 2.81 bits per heavy atom. The monoisotopic (exact) mass is 258 g/mol. The van der Waals surface area contributed by atoms with E-state index in [4.69, 9.17) is 10.8 Å². The molecule has 0 amide bonds. The van der Waals surface area contributed by atoms with Gasteiger partial charge in [0.05, 0.1) is 9.90 Å². The van der Waals surface area contributed by atoms with Gasteiger partial charge in [0.15, 0.2) is 5.13 Å². The van der Waals surface area contributed by atoms with Gasteiger partial charge in [-0.15, -0.1) is 11.8 Å². The first kappa shape index (κ1) is 13.1. The molecule has 0 aliphatic rings. The summed E-state index contributed by atoms with van der Waals surface area (Å²) in [7, 11) is 0. The molecule has 0 aliphatic carbocycles. The van der Waals surface area contributed by atoms with Crippen LogP contribution in [-0.2, 0) is 4.79 Å². The predicted molar refractivity (Wildman–Crippen MR) is 68.0 cm³/mol. The molecule has 0 saturated carbocycles. The number of thioether (sulfide) groups is 1. The lowest BCUT2D eigenvalue weighted by atomic mass is 10.2. The fraction of sp³-hybridized carbons (Fsp3) is 0.400. The average molecular weight is 258 g/mol. The van der Waals surface area contributed by atoms with Crippen molar-refractivity contribution in [3.63, 3.8) is 0 Å². The standard InChI is InChI=1S/C10H14N2O2S2/c1-3-7(8(13)14)4-5-15-9-6(2)12-10(11)16-9/h4H,3,5H2,1-2H3,(H2,11,12)(H,13,14). The number of rotatable bonds is 5. The number of nitrogens with zero attached hydrogens (tertiary/aromatic N) is 1. The van der Waals surface area contributed by atoms with Gasteiger partial charge >= 0.3 is 5.97 Å². The zero-order valence-electron chi connectivity index (χ0n) is 9.19. The molecule has 1 aromatic heterocycles. The van der Waals surface area contributed by atoms with Crippen LogP contribution in [0.4, 0.5) is 5.13 Å². The topological polar surface area (TPSA) is 76.2 Å². The molecule has 0 saturated heterocycles. The second-order valence-electron chi connectivity index (χ2n) is 3.12. The van der Waals surface area contributed by atoms with Gasteiger partial charge in [0.2, 0.25) is 0 Å². The van der Waals surface area contributed by atoms with Gasteiger partial charge in [-0.05, 0) is 13.3 Å². The zero-order valence-corrected chi connectivity index (χ0v) is 10.8. The van der Waals surface area contributed by atoms with Crippen LogP contribution in [-0.4, -0.2) is 21.8 Å². The number of nitrogens with two attached hydrogens (primary N) is 1. The summed E-state index contributed by atoms with van der Waals surface area (Å²) in [6, 6.07) is 0. The Labute approximate surface area is 103 Å². The Morgan fingerprint density at radius 1 is 1.69 bits per heavy atom. The molecule has 16 heavy (non-hydrogen) atoms. The summed E-state index contributed by atoms with van der Waals surface area (Å²) in [5.74, 6) is -0.207. The normalized spacial score (nSPS) is 11.8. The third-order valence-corrected chi connectivity index (χ3v) is 4.25. The number of aliphatic carboxylic acids is 1. The molecule has 3 N–H and O–H groups in total. The number of nitrogen functional groups attached to an aromatic ring is 1. The minimum Gasteiger partial charge on any atom is -0.478 e. The van der Waals surface area contributed by atoms with E-state index in [1.54, 1.807) is 17.8 Å². The first-order valence-electron chi connectivity index (χ1n) is 4.82. The number of carbonyl (C=O) groups is 1. The maximum absolute atomic E-state index is 10.7. The van der Waals surface area contributed by atoms with Gasteiger partial charge in [-0.25, -0.2) is 9.78 Å². The highest BCUT2D eigenvalue weighted by atomic mass is 32.2. The maximum atomic E-state index is 10.7. The first-order chi connectivity index (χ1) is 7.54. The highest BCUT2D eigenvalue weighted by Crippen LogP contribution is 2.30. The largest absolute Gasteiger partial charge is 0.478 e. The van der Waals surface area contributed by atoms with E-state index in [2.05, 4.69) is 4.98 Å². The Bertz CT molecular complexity index is 413. The summed E-state index contributed by atoms with van der Waals surface area (Å²) in [4.78, 5) is 14.8. The smallest absolute Gasteiger partial charge is 0.331 e. The minimum atomic E-state index is -0.844. The van der Waals surface area contributed by atoms with Gasteiger partial charge < -0.3 is 10.8 Å². The molecule has 0 radical (unpaired) electrons. The molecule has 0 aromatic carbocycles. The highest BCUT2D eigenvalue weighted by molar-refractivity contribution is 8.01. The number of hydrogen-bond acceptors (Lipinski definition) is 5. The van der Waals surface area contributed by atoms with E-state index in [1.165, 1.54) is 11.3 Å². The predicted octanol–water partition coefficient (Wildman–Crippen LogP) is 2.55. The fourth-order valence-corrected chi connectivity index (χ4v) is 3.09. The molecular formula is C10H14N2O2S2. The van der Waals surface area contributed by atoms with E-state index >= 15 is 0 Å². The lowest BCUT2D eigenvalue weighted by molar-refractivity contribution is -0.132. The summed E-state index contributed by atoms with van der Waals surface area (Å²) >= 11 is 3.00. The number of aryl methyl sites for hydroxylation is 1. The van der Waals surface area contributed by atoms with Gasteiger partial charge in [-0.2, -0.15) is 0 Å². The van der Waals surface area contributed by atoms with Gasteiger partial charge in [-0.1, -0.05) is 24.3 Å². The van der Waals surface area contributed by atoms with Crippen molar-refractivity contribution in [3.8, 4) is 0 Å². The third kappa shape index (κ3) is 3.53. The van der Waals surface area contributed by atoms with Gasteiger partial charge in [0, 0.05) is 11.3 Å². The van der Waals surface area contributed by atoms with Crippen LogP contribution in [0.1, 0.15) is 19.0 Å². The van der Waals surface area contributed by atoms with E-state index in [0.717, 1.165) is 9.90 Å². The quantitative estimate of drug-likeness (QED) is 0.627. The molecule has 0 aliphatic heterocycles. The molecule has 0 atom stereocenters. The SMILES string of the molecule is CCC(=CCSc1sc(N)nc1C)C(=O)O. The number of thiazole rings is 1. The summed E-state index contributed by atoms with van der Waals surface area (Å²) in [5, 5.41) is 9.38. The molecule has 1 rings (SSSR count). The zero-order chi connectivity index (χ0) is 12.1. The molecule has 88 valence electrons. The van der Waals surface area contributed by atoms with Crippen LogP contribution in [0.5, 0.6) is 0 Å². The van der Waals surface area contributed by atoms with Crippen LogP contribution in [0, 0.1) is 6.92 Å². The van der Waals surface area contributed by atoms with Gasteiger partial charge in [-0.3, -0.25) is 0 Å². The molecular weight excluding hydrogens is 244 g/mol. The van der Waals surface area contributed by atoms with Crippen molar-refractivity contribution in [1.29, 1.82) is 0 Å². The molecule has 4 nitrogen and oxygen atoms in total. The Kier molecular flexibility index (Phi) is 4.82. The summed E-state index contributed by atoms with van der Waals surface area (Å²) in [6.45, 7) is 3.73. The van der Waals surface area contributed by atoms with Crippen molar-refractivity contribution in [2.45, 2.75) is 24.5 Å². The first-order valence-corrected chi connectivity index (χ1v) is 6.62. The van der Waals surface area contributed by atoms with E-state index in [1.807, 2.05) is 13.8 Å². The van der Waals surface area contributed by atoms with Gasteiger partial charge in [0.25, 0.3) is 0 Å². The van der Waals surface area contributed by atoms with Crippen LogP contribution in [0.3, 0.4) is 0 Å². The maximum Gasteiger partial charge on any atom is 0.331 e. The molecule has 1 aromatic rings. The van der Waals surface area contributed by atoms with Crippen LogP contribution >= 0.6 is 23.1 Å². The van der Waals surface area contributed by atoms with Gasteiger partial charge in [0.1, 0.15) is 0 Å². The Balaban J connectivity index is 2.58. The van der Waals surface area contributed by atoms with E-state index in [-0.39, 0.29) is 0 Å². The van der Waals surface area contributed by atoms with Crippen molar-refractivity contribution in [2.24, 2.45) is 0 Å². The molecule has 0 unspecified atom stereocenters. The summed E-state index contributed by atoms with van der Waals surface area (Å²) < 4.78 is 1.05. The molecule has 1 heterocycles. The van der Waals surface area contributed by atoms with E-state index < -0.39 is 5.97 Å². The number of aromatic nitrogens is 1. The van der Waals surface area contributed by atoms with E-state index in [0.29, 0.717) is 22.9 Å². The van der Waals surface area contributed by atoms with Crippen LogP contribution in [0.25, 0.3) is 0 Å². The van der Waals surface area contributed by atoms with Crippen molar-refractivity contribution in [3.05, 3.63) is 17.3 Å². The lowest BCUT2D eigenvalue weighted by Gasteiger charge is -1.98. The number of hydrogen-bond donors (Lipinski definition) is 2. The number of anilines is 1. The average Bonchev–Trinajstić information content (AvgIpc) is 2.52. The van der Waals surface area contributed by atoms with Crippen LogP contribution in [0.15, 0.2) is 15.9 Å². The molecule has 0 bridgehead atoms. The van der Waals surface area contributed by atoms with E-state index in [9.17, 15) is 4.79 Å². The van der Waals surface area contributed by atoms with Crippen molar-refractivity contribution < 1.29 is 9.90 Å². The van der Waals surface area contributed by atoms with Crippen molar-refractivity contribution >= 4 is 34.2 Å². The highest BCUT2D eigenvalue weighted by Gasteiger charge is 2.06. The number of carboxylic acids is 1. The summed E-state index contributed by atoms with van der Waals surface area (Å²) in [5.41, 5.74) is 6.93. The molecule has 0 spiro atoms. The molecule has 0 fully saturated rings. The van der Waals surface area contributed by atoms with Crippen LogP contribution < -0.4 is 5.73 Å². The second-order valence-corrected chi connectivity index (χ2v) is 5.44. The molecule has 6 heteroatoms. The third-order valence-electron chi connectivity index (χ3n) is 1.97. The summed E-state index contributed by atoms with van der Waals surface area (Å²) in [6.07, 6.45) is 2.28. The lowest BCUT2D eigenvalue weighted by Crippen LogP contribution is -1.99.